The Morgan fingerprint density at radius 1 is 0.962 bits per heavy atom. The van der Waals surface area contributed by atoms with Crippen LogP contribution in [0.15, 0.2) is 42.5 Å². The molecule has 1 unspecified atom stereocenters. The molecule has 0 bridgehead atoms. The Bertz CT molecular complexity index is 694. The minimum atomic E-state index is -0.346. The molecule has 2 N–H and O–H groups in total. The van der Waals surface area contributed by atoms with E-state index in [1.54, 1.807) is 28.4 Å². The number of likely N-dealkylation sites (N-methyl/N-ethyl adjacent to an activating group) is 1. The lowest BCUT2D eigenvalue weighted by molar-refractivity contribution is -0.122. The predicted molar refractivity (Wildman–Crippen MR) is 101 cm³/mol. The molecule has 26 heavy (non-hydrogen) atoms. The van der Waals surface area contributed by atoms with Gasteiger partial charge in [0.05, 0.1) is 27.4 Å². The van der Waals surface area contributed by atoms with E-state index in [4.69, 9.17) is 14.2 Å². The van der Waals surface area contributed by atoms with E-state index in [1.165, 1.54) is 0 Å². The SMILES string of the molecule is CNC(=O)C(Cc1ccccc1)NCc1cc(OC)c(OC)c(OC)c1. The second-order valence-corrected chi connectivity index (χ2v) is 5.77. The first-order chi connectivity index (χ1) is 12.6. The van der Waals surface area contributed by atoms with Crippen LogP contribution in [0.25, 0.3) is 0 Å². The molecular formula is C20H26N2O4. The van der Waals surface area contributed by atoms with Crippen LogP contribution >= 0.6 is 0 Å². The van der Waals surface area contributed by atoms with Crippen LogP contribution in [0.2, 0.25) is 0 Å². The fourth-order valence-corrected chi connectivity index (χ4v) is 2.76. The van der Waals surface area contributed by atoms with Gasteiger partial charge in [0.25, 0.3) is 0 Å². The standard InChI is InChI=1S/C20H26N2O4/c1-21-20(23)16(10-14-8-6-5-7-9-14)22-13-15-11-17(24-2)19(26-4)18(12-15)25-3/h5-9,11-12,16,22H,10,13H2,1-4H3,(H,21,23). The van der Waals surface area contributed by atoms with Crippen LogP contribution in [0, 0.1) is 0 Å². The number of nitrogens with one attached hydrogen (secondary N) is 2. The first kappa shape index (κ1) is 19.6. The number of carbonyl (C=O) groups is 1. The Kier molecular flexibility index (Phi) is 7.29. The Morgan fingerprint density at radius 2 is 1.58 bits per heavy atom. The van der Waals surface area contributed by atoms with E-state index in [9.17, 15) is 4.79 Å². The molecule has 0 aliphatic heterocycles. The van der Waals surface area contributed by atoms with E-state index in [-0.39, 0.29) is 11.9 Å². The molecule has 1 atom stereocenters. The molecule has 2 rings (SSSR count). The van der Waals surface area contributed by atoms with Crippen molar-refractivity contribution in [2.45, 2.75) is 19.0 Å². The smallest absolute Gasteiger partial charge is 0.237 e. The number of carbonyl (C=O) groups excluding carboxylic acids is 1. The Morgan fingerprint density at radius 3 is 2.08 bits per heavy atom. The number of hydrogen-bond acceptors (Lipinski definition) is 5. The lowest BCUT2D eigenvalue weighted by Gasteiger charge is -2.19. The van der Waals surface area contributed by atoms with Crippen molar-refractivity contribution < 1.29 is 19.0 Å². The highest BCUT2D eigenvalue weighted by molar-refractivity contribution is 5.81. The van der Waals surface area contributed by atoms with Crippen LogP contribution in [-0.2, 0) is 17.8 Å². The van der Waals surface area contributed by atoms with Gasteiger partial charge in [0.1, 0.15) is 0 Å². The van der Waals surface area contributed by atoms with E-state index in [2.05, 4.69) is 10.6 Å². The molecule has 0 aliphatic rings. The van der Waals surface area contributed by atoms with Crippen molar-refractivity contribution in [3.05, 3.63) is 53.6 Å². The Balaban J connectivity index is 2.16. The maximum atomic E-state index is 12.2. The first-order valence-corrected chi connectivity index (χ1v) is 8.40. The molecule has 1 amide bonds. The van der Waals surface area contributed by atoms with Gasteiger partial charge in [-0.15, -0.1) is 0 Å². The molecule has 0 radical (unpaired) electrons. The van der Waals surface area contributed by atoms with Crippen LogP contribution in [-0.4, -0.2) is 40.3 Å². The number of ether oxygens (including phenoxy) is 3. The minimum absolute atomic E-state index is 0.0544. The summed E-state index contributed by atoms with van der Waals surface area (Å²) in [4.78, 5) is 12.2. The van der Waals surface area contributed by atoms with Gasteiger partial charge in [-0.3, -0.25) is 4.79 Å². The highest BCUT2D eigenvalue weighted by Gasteiger charge is 2.18. The topological polar surface area (TPSA) is 68.8 Å². The molecule has 140 valence electrons. The van der Waals surface area contributed by atoms with E-state index < -0.39 is 0 Å². The van der Waals surface area contributed by atoms with Gasteiger partial charge in [0.2, 0.25) is 11.7 Å². The Labute approximate surface area is 154 Å². The van der Waals surface area contributed by atoms with Crippen molar-refractivity contribution in [2.24, 2.45) is 0 Å². The maximum absolute atomic E-state index is 12.2. The summed E-state index contributed by atoms with van der Waals surface area (Å²) in [7, 11) is 6.37. The second kappa shape index (κ2) is 9.68. The largest absolute Gasteiger partial charge is 0.493 e. The van der Waals surface area contributed by atoms with Gasteiger partial charge in [-0.25, -0.2) is 0 Å². The van der Waals surface area contributed by atoms with Crippen molar-refractivity contribution in [2.75, 3.05) is 28.4 Å². The number of amides is 1. The van der Waals surface area contributed by atoms with Crippen LogP contribution in [0.3, 0.4) is 0 Å². The summed E-state index contributed by atoms with van der Waals surface area (Å²) in [5.74, 6) is 1.67. The summed E-state index contributed by atoms with van der Waals surface area (Å²) in [5.41, 5.74) is 2.03. The normalized spacial score (nSPS) is 11.5. The van der Waals surface area contributed by atoms with Gasteiger partial charge < -0.3 is 24.8 Å². The van der Waals surface area contributed by atoms with Gasteiger partial charge >= 0.3 is 0 Å². The fraction of sp³-hybridized carbons (Fsp3) is 0.350. The van der Waals surface area contributed by atoms with E-state index >= 15 is 0 Å². The zero-order valence-corrected chi connectivity index (χ0v) is 15.7. The van der Waals surface area contributed by atoms with Gasteiger partial charge in [-0.1, -0.05) is 30.3 Å². The highest BCUT2D eigenvalue weighted by Crippen LogP contribution is 2.38. The molecule has 2 aromatic rings. The van der Waals surface area contributed by atoms with Crippen LogP contribution in [0.4, 0.5) is 0 Å². The quantitative estimate of drug-likeness (QED) is 0.719. The molecule has 0 saturated heterocycles. The lowest BCUT2D eigenvalue weighted by atomic mass is 10.0. The number of rotatable bonds is 9. The van der Waals surface area contributed by atoms with Crippen LogP contribution < -0.4 is 24.8 Å². The molecule has 2 aromatic carbocycles. The van der Waals surface area contributed by atoms with E-state index in [1.807, 2.05) is 42.5 Å². The van der Waals surface area contributed by atoms with Gasteiger partial charge in [0.15, 0.2) is 11.5 Å². The third kappa shape index (κ3) is 4.89. The molecule has 0 saturated carbocycles. The van der Waals surface area contributed by atoms with Crippen LogP contribution in [0.1, 0.15) is 11.1 Å². The third-order valence-corrected chi connectivity index (χ3v) is 4.12. The molecule has 0 heterocycles. The second-order valence-electron chi connectivity index (χ2n) is 5.77. The summed E-state index contributed by atoms with van der Waals surface area (Å²) in [6, 6.07) is 13.3. The maximum Gasteiger partial charge on any atom is 0.237 e. The first-order valence-electron chi connectivity index (χ1n) is 8.40. The van der Waals surface area contributed by atoms with Gasteiger partial charge in [0, 0.05) is 13.6 Å². The summed E-state index contributed by atoms with van der Waals surface area (Å²) in [5, 5.41) is 6.03. The highest BCUT2D eigenvalue weighted by atomic mass is 16.5. The molecule has 0 spiro atoms. The average Bonchev–Trinajstić information content (AvgIpc) is 2.70. The zero-order chi connectivity index (χ0) is 18.9. The molecule has 0 fully saturated rings. The molecule has 0 aromatic heterocycles. The molecule has 0 aliphatic carbocycles. The van der Waals surface area contributed by atoms with Crippen LogP contribution in [0.5, 0.6) is 17.2 Å². The predicted octanol–water partition coefficient (Wildman–Crippen LogP) is 2.16. The fourth-order valence-electron chi connectivity index (χ4n) is 2.76. The van der Waals surface area contributed by atoms with Gasteiger partial charge in [-0.2, -0.15) is 0 Å². The number of hydrogen-bond donors (Lipinski definition) is 2. The molecule has 6 heteroatoms. The average molecular weight is 358 g/mol. The van der Waals surface area contributed by atoms with Crippen molar-refractivity contribution in [1.29, 1.82) is 0 Å². The van der Waals surface area contributed by atoms with Crippen molar-refractivity contribution in [3.8, 4) is 17.2 Å². The summed E-state index contributed by atoms with van der Waals surface area (Å²) >= 11 is 0. The summed E-state index contributed by atoms with van der Waals surface area (Å²) < 4.78 is 16.1. The van der Waals surface area contributed by atoms with Crippen molar-refractivity contribution >= 4 is 5.91 Å². The zero-order valence-electron chi connectivity index (χ0n) is 15.7. The van der Waals surface area contributed by atoms with E-state index in [0.29, 0.717) is 30.2 Å². The summed E-state index contributed by atoms with van der Waals surface area (Å²) in [6.07, 6.45) is 0.602. The molecule has 6 nitrogen and oxygen atoms in total. The lowest BCUT2D eigenvalue weighted by Crippen LogP contribution is -2.44. The summed E-state index contributed by atoms with van der Waals surface area (Å²) in [6.45, 7) is 0.488. The van der Waals surface area contributed by atoms with Crippen molar-refractivity contribution in [1.82, 2.24) is 10.6 Å². The van der Waals surface area contributed by atoms with Gasteiger partial charge in [-0.05, 0) is 29.7 Å². The van der Waals surface area contributed by atoms with E-state index in [0.717, 1.165) is 11.1 Å². The minimum Gasteiger partial charge on any atom is -0.493 e. The Hall–Kier alpha value is -2.73. The number of benzene rings is 2. The molecular weight excluding hydrogens is 332 g/mol. The number of methoxy groups -OCH3 is 3. The van der Waals surface area contributed by atoms with Crippen molar-refractivity contribution in [3.63, 3.8) is 0 Å². The third-order valence-electron chi connectivity index (χ3n) is 4.12. The monoisotopic (exact) mass is 358 g/mol.